The van der Waals surface area contributed by atoms with Crippen LogP contribution in [0.5, 0.6) is 5.75 Å². The maximum Gasteiger partial charge on any atom is 0.143 e. The summed E-state index contributed by atoms with van der Waals surface area (Å²) in [5, 5.41) is 7.53. The third kappa shape index (κ3) is 3.17. The normalized spacial score (nSPS) is 10.3. The monoisotopic (exact) mass is 321 g/mol. The predicted octanol–water partition coefficient (Wildman–Crippen LogP) is 3.68. The van der Waals surface area contributed by atoms with E-state index in [1.54, 1.807) is 18.0 Å². The van der Waals surface area contributed by atoms with Crippen molar-refractivity contribution in [3.63, 3.8) is 0 Å². The first-order valence-corrected chi connectivity index (χ1v) is 6.67. The first-order valence-electron chi connectivity index (χ1n) is 5.87. The van der Waals surface area contributed by atoms with Gasteiger partial charge >= 0.3 is 0 Å². The molecule has 0 atom stereocenters. The molecule has 0 bridgehead atoms. The lowest BCUT2D eigenvalue weighted by molar-refractivity contribution is 0.416. The van der Waals surface area contributed by atoms with Crippen molar-refractivity contribution < 1.29 is 4.74 Å². The molecule has 1 aromatic heterocycles. The summed E-state index contributed by atoms with van der Waals surface area (Å²) in [6, 6.07) is 4.00. The van der Waals surface area contributed by atoms with Crippen LogP contribution in [0.25, 0.3) is 6.20 Å². The molecule has 0 aliphatic carbocycles. The number of aryl methyl sites for hydroxylation is 1. The first kappa shape index (κ1) is 13.7. The molecule has 0 amide bonds. The Morgan fingerprint density at radius 3 is 2.95 bits per heavy atom. The number of ether oxygens (including phenoxy) is 1. The van der Waals surface area contributed by atoms with Crippen LogP contribution in [0.1, 0.15) is 11.1 Å². The van der Waals surface area contributed by atoms with E-state index in [2.05, 4.69) is 39.0 Å². The zero-order valence-corrected chi connectivity index (χ0v) is 12.6. The lowest BCUT2D eigenvalue weighted by Crippen LogP contribution is -2.02. The molecule has 2 aromatic rings. The number of hydrogen-bond acceptors (Lipinski definition) is 3. The fourth-order valence-corrected chi connectivity index (χ4v) is 2.41. The molecule has 0 aliphatic heterocycles. The van der Waals surface area contributed by atoms with Crippen molar-refractivity contribution in [1.82, 2.24) is 9.78 Å². The van der Waals surface area contributed by atoms with Crippen molar-refractivity contribution >= 4 is 27.8 Å². The summed E-state index contributed by atoms with van der Waals surface area (Å²) in [6.07, 6.45) is 5.41. The maximum atomic E-state index is 5.39. The van der Waals surface area contributed by atoms with Gasteiger partial charge in [-0.3, -0.25) is 0 Å². The summed E-state index contributed by atoms with van der Waals surface area (Å²) in [5.41, 5.74) is 3.21. The molecule has 0 saturated carbocycles. The summed E-state index contributed by atoms with van der Waals surface area (Å²) in [4.78, 5) is 0. The SMILES string of the molecule is C=Cn1cc(CNc2c(C)cc(Br)cc2OC)cn1. The van der Waals surface area contributed by atoms with E-state index in [1.165, 1.54) is 0 Å². The van der Waals surface area contributed by atoms with Crippen molar-refractivity contribution in [3.05, 3.63) is 46.7 Å². The first-order chi connectivity index (χ1) is 9.13. The van der Waals surface area contributed by atoms with Gasteiger partial charge in [0.15, 0.2) is 0 Å². The molecule has 100 valence electrons. The summed E-state index contributed by atoms with van der Waals surface area (Å²) in [6.45, 7) is 6.40. The Labute approximate surface area is 121 Å². The van der Waals surface area contributed by atoms with Crippen molar-refractivity contribution in [1.29, 1.82) is 0 Å². The quantitative estimate of drug-likeness (QED) is 0.913. The molecular weight excluding hydrogens is 306 g/mol. The van der Waals surface area contributed by atoms with Crippen LogP contribution in [0, 0.1) is 6.92 Å². The van der Waals surface area contributed by atoms with Gasteiger partial charge < -0.3 is 10.1 Å². The van der Waals surface area contributed by atoms with E-state index in [-0.39, 0.29) is 0 Å². The molecule has 0 fully saturated rings. The van der Waals surface area contributed by atoms with Crippen LogP contribution in [0.15, 0.2) is 35.6 Å². The Morgan fingerprint density at radius 1 is 1.53 bits per heavy atom. The second kappa shape index (κ2) is 5.93. The number of aromatic nitrogens is 2. The second-order valence-electron chi connectivity index (χ2n) is 4.16. The van der Waals surface area contributed by atoms with Crippen LogP contribution in [-0.2, 0) is 6.54 Å². The maximum absolute atomic E-state index is 5.39. The van der Waals surface area contributed by atoms with Crippen LogP contribution in [0.2, 0.25) is 0 Å². The number of benzene rings is 1. The third-order valence-electron chi connectivity index (χ3n) is 2.80. The van der Waals surface area contributed by atoms with Gasteiger partial charge in [0, 0.05) is 29.0 Å². The van der Waals surface area contributed by atoms with Crippen LogP contribution >= 0.6 is 15.9 Å². The average Bonchev–Trinajstić information content (AvgIpc) is 2.84. The summed E-state index contributed by atoms with van der Waals surface area (Å²) in [7, 11) is 1.67. The van der Waals surface area contributed by atoms with E-state index >= 15 is 0 Å². The van der Waals surface area contributed by atoms with Gasteiger partial charge in [-0.2, -0.15) is 5.10 Å². The topological polar surface area (TPSA) is 39.1 Å². The molecule has 0 radical (unpaired) electrons. The van der Waals surface area contributed by atoms with Gasteiger partial charge in [-0.05, 0) is 24.6 Å². The molecule has 4 nitrogen and oxygen atoms in total. The van der Waals surface area contributed by atoms with Crippen LogP contribution in [-0.4, -0.2) is 16.9 Å². The highest BCUT2D eigenvalue weighted by Gasteiger charge is 2.08. The van der Waals surface area contributed by atoms with Gasteiger partial charge in [0.2, 0.25) is 0 Å². The Bertz CT molecular complexity index is 592. The van der Waals surface area contributed by atoms with E-state index < -0.39 is 0 Å². The molecule has 5 heteroatoms. The third-order valence-corrected chi connectivity index (χ3v) is 3.25. The fraction of sp³-hybridized carbons (Fsp3) is 0.214. The summed E-state index contributed by atoms with van der Waals surface area (Å²) < 4.78 is 8.08. The highest BCUT2D eigenvalue weighted by Crippen LogP contribution is 2.32. The molecule has 0 unspecified atom stereocenters. The minimum atomic E-state index is 0.687. The molecular formula is C14H16BrN3O. The molecule has 0 spiro atoms. The Hall–Kier alpha value is -1.75. The molecule has 1 aromatic carbocycles. The zero-order chi connectivity index (χ0) is 13.8. The Balaban J connectivity index is 2.16. The average molecular weight is 322 g/mol. The molecule has 0 aliphatic rings. The summed E-state index contributed by atoms with van der Waals surface area (Å²) in [5.74, 6) is 0.822. The summed E-state index contributed by atoms with van der Waals surface area (Å²) >= 11 is 3.46. The minimum absolute atomic E-state index is 0.687. The van der Waals surface area contributed by atoms with E-state index in [1.807, 2.05) is 25.4 Å². The van der Waals surface area contributed by atoms with E-state index in [9.17, 15) is 0 Å². The number of nitrogens with zero attached hydrogens (tertiary/aromatic N) is 2. The molecule has 2 rings (SSSR count). The van der Waals surface area contributed by atoms with Crippen molar-refractivity contribution in [2.75, 3.05) is 12.4 Å². The Kier molecular flexibility index (Phi) is 4.27. The van der Waals surface area contributed by atoms with Gasteiger partial charge in [0.25, 0.3) is 0 Å². The number of nitrogens with one attached hydrogen (secondary N) is 1. The highest BCUT2D eigenvalue weighted by molar-refractivity contribution is 9.10. The fourth-order valence-electron chi connectivity index (χ4n) is 1.86. The largest absolute Gasteiger partial charge is 0.495 e. The van der Waals surface area contributed by atoms with E-state index in [0.717, 1.165) is 27.0 Å². The predicted molar refractivity (Wildman–Crippen MR) is 81.4 cm³/mol. The molecule has 1 heterocycles. The van der Waals surface area contributed by atoms with Crippen LogP contribution < -0.4 is 10.1 Å². The van der Waals surface area contributed by atoms with Gasteiger partial charge in [-0.1, -0.05) is 22.5 Å². The lowest BCUT2D eigenvalue weighted by atomic mass is 10.2. The molecule has 1 N–H and O–H groups in total. The van der Waals surface area contributed by atoms with Crippen molar-refractivity contribution in [2.24, 2.45) is 0 Å². The van der Waals surface area contributed by atoms with Gasteiger partial charge in [0.05, 0.1) is 19.0 Å². The second-order valence-corrected chi connectivity index (χ2v) is 5.08. The number of rotatable bonds is 5. The molecule has 0 saturated heterocycles. The number of hydrogen-bond donors (Lipinski definition) is 1. The van der Waals surface area contributed by atoms with Crippen LogP contribution in [0.4, 0.5) is 5.69 Å². The lowest BCUT2D eigenvalue weighted by Gasteiger charge is -2.14. The minimum Gasteiger partial charge on any atom is -0.495 e. The smallest absolute Gasteiger partial charge is 0.143 e. The number of anilines is 1. The van der Waals surface area contributed by atoms with E-state index in [0.29, 0.717) is 6.54 Å². The highest BCUT2D eigenvalue weighted by atomic mass is 79.9. The van der Waals surface area contributed by atoms with Gasteiger partial charge in [-0.25, -0.2) is 4.68 Å². The number of methoxy groups -OCH3 is 1. The van der Waals surface area contributed by atoms with Gasteiger partial charge in [0.1, 0.15) is 5.75 Å². The standard InChI is InChI=1S/C14H16BrN3O/c1-4-18-9-11(8-17-18)7-16-14-10(2)5-12(15)6-13(14)19-3/h4-6,8-9,16H,1,7H2,2-3H3. The number of halogens is 1. The van der Waals surface area contributed by atoms with Crippen molar-refractivity contribution in [3.8, 4) is 5.75 Å². The van der Waals surface area contributed by atoms with E-state index in [4.69, 9.17) is 4.74 Å². The zero-order valence-electron chi connectivity index (χ0n) is 11.0. The van der Waals surface area contributed by atoms with Gasteiger partial charge in [-0.15, -0.1) is 0 Å². The molecule has 19 heavy (non-hydrogen) atoms. The van der Waals surface area contributed by atoms with Crippen molar-refractivity contribution in [2.45, 2.75) is 13.5 Å². The Morgan fingerprint density at radius 2 is 2.32 bits per heavy atom. The van der Waals surface area contributed by atoms with Crippen LogP contribution in [0.3, 0.4) is 0 Å².